The molecule has 108 valence electrons. The van der Waals surface area contributed by atoms with Crippen molar-refractivity contribution in [3.63, 3.8) is 0 Å². The van der Waals surface area contributed by atoms with Crippen LogP contribution < -0.4 is 0 Å². The molecule has 1 atom stereocenters. The summed E-state index contributed by atoms with van der Waals surface area (Å²) in [7, 11) is -3.85. The van der Waals surface area contributed by atoms with E-state index in [0.717, 1.165) is 0 Å². The van der Waals surface area contributed by atoms with Gasteiger partial charge in [-0.2, -0.15) is 0 Å². The van der Waals surface area contributed by atoms with Gasteiger partial charge in [0.25, 0.3) is 0 Å². The van der Waals surface area contributed by atoms with E-state index >= 15 is 0 Å². The highest BCUT2D eigenvalue weighted by Crippen LogP contribution is 2.44. The fraction of sp³-hybridized carbons (Fsp3) is 0.188. The highest BCUT2D eigenvalue weighted by Gasteiger charge is 2.61. The smallest absolute Gasteiger partial charge is 0.192 e. The van der Waals surface area contributed by atoms with Gasteiger partial charge in [0.1, 0.15) is 6.10 Å². The van der Waals surface area contributed by atoms with E-state index in [0.29, 0.717) is 11.1 Å². The molecule has 1 N–H and O–H groups in total. The van der Waals surface area contributed by atoms with Crippen LogP contribution in [-0.2, 0) is 19.4 Å². The largest absolute Gasteiger partial charge is 0.384 e. The Balaban J connectivity index is 2.40. The minimum absolute atomic E-state index is 0.373. The van der Waals surface area contributed by atoms with E-state index in [1.54, 1.807) is 60.7 Å². The molecular weight excluding hydrogens is 288 g/mol. The first kappa shape index (κ1) is 14.0. The highest BCUT2D eigenvalue weighted by atomic mass is 32.2. The van der Waals surface area contributed by atoms with Crippen molar-refractivity contribution in [2.24, 2.45) is 0 Å². The van der Waals surface area contributed by atoms with Crippen LogP contribution >= 0.6 is 0 Å². The van der Waals surface area contributed by atoms with Crippen molar-refractivity contribution in [3.8, 4) is 0 Å². The lowest BCUT2D eigenvalue weighted by molar-refractivity contribution is -0.126. The van der Waals surface area contributed by atoms with Crippen LogP contribution in [0.4, 0.5) is 0 Å². The molecule has 0 amide bonds. The molecule has 1 unspecified atom stereocenters. The molecule has 1 fully saturated rings. The summed E-state index contributed by atoms with van der Waals surface area (Å²) in [5, 5.41) is 9.86. The number of carbonyl (C=O) groups excluding carboxylic acids is 1. The molecule has 0 saturated carbocycles. The number of rotatable bonds is 2. The first-order valence-electron chi connectivity index (χ1n) is 6.56. The molecule has 2 aromatic rings. The predicted molar refractivity (Wildman–Crippen MR) is 78.5 cm³/mol. The van der Waals surface area contributed by atoms with Crippen molar-refractivity contribution in [1.82, 2.24) is 0 Å². The van der Waals surface area contributed by atoms with Crippen LogP contribution in [0, 0.1) is 0 Å². The van der Waals surface area contributed by atoms with E-state index in [1.807, 2.05) is 0 Å². The molecule has 1 aliphatic heterocycles. The number of ketones is 1. The van der Waals surface area contributed by atoms with E-state index in [-0.39, 0.29) is 0 Å². The Labute approximate surface area is 123 Å². The molecule has 5 heteroatoms. The monoisotopic (exact) mass is 302 g/mol. The third-order valence-corrected chi connectivity index (χ3v) is 6.21. The first-order chi connectivity index (χ1) is 10.00. The maximum Gasteiger partial charge on any atom is 0.192 e. The van der Waals surface area contributed by atoms with Crippen molar-refractivity contribution in [2.45, 2.75) is 10.9 Å². The van der Waals surface area contributed by atoms with Crippen LogP contribution in [0.1, 0.15) is 11.1 Å². The maximum absolute atomic E-state index is 12.7. The number of aliphatic hydroxyl groups is 1. The van der Waals surface area contributed by atoms with Gasteiger partial charge >= 0.3 is 0 Å². The third kappa shape index (κ3) is 1.85. The summed E-state index contributed by atoms with van der Waals surface area (Å²) < 4.78 is 23.6. The SMILES string of the molecule is O=C1C(O)CS(=O)(=O)C1(c1ccccc1)c1ccccc1. The van der Waals surface area contributed by atoms with Crippen LogP contribution in [0.15, 0.2) is 60.7 Å². The van der Waals surface area contributed by atoms with Crippen molar-refractivity contribution >= 4 is 15.6 Å². The zero-order valence-corrected chi connectivity index (χ0v) is 12.0. The summed E-state index contributed by atoms with van der Waals surface area (Å²) in [6.45, 7) is 0. The lowest BCUT2D eigenvalue weighted by Gasteiger charge is -2.27. The Morgan fingerprint density at radius 2 is 1.33 bits per heavy atom. The van der Waals surface area contributed by atoms with Gasteiger partial charge in [0.15, 0.2) is 20.4 Å². The van der Waals surface area contributed by atoms with Gasteiger partial charge < -0.3 is 5.11 Å². The summed E-state index contributed by atoms with van der Waals surface area (Å²) in [5.74, 6) is -1.23. The molecule has 0 aliphatic carbocycles. The molecule has 3 rings (SSSR count). The van der Waals surface area contributed by atoms with Gasteiger partial charge in [0, 0.05) is 0 Å². The molecule has 2 aromatic carbocycles. The van der Waals surface area contributed by atoms with E-state index in [1.165, 1.54) is 0 Å². The average molecular weight is 302 g/mol. The van der Waals surface area contributed by atoms with Gasteiger partial charge in [0.2, 0.25) is 0 Å². The van der Waals surface area contributed by atoms with Crippen molar-refractivity contribution < 1.29 is 18.3 Å². The predicted octanol–water partition coefficient (Wildman–Crippen LogP) is 1.29. The zero-order chi connectivity index (χ0) is 15.1. The Morgan fingerprint density at radius 1 is 0.905 bits per heavy atom. The second-order valence-electron chi connectivity index (χ2n) is 5.07. The van der Waals surface area contributed by atoms with Gasteiger partial charge in [-0.3, -0.25) is 4.79 Å². The number of carbonyl (C=O) groups is 1. The minimum atomic E-state index is -3.85. The summed E-state index contributed by atoms with van der Waals surface area (Å²) in [6.07, 6.45) is -1.49. The van der Waals surface area contributed by atoms with Gasteiger partial charge in [0.05, 0.1) is 5.75 Å². The number of benzene rings is 2. The number of hydrogen-bond donors (Lipinski definition) is 1. The van der Waals surface area contributed by atoms with Gasteiger partial charge in [-0.05, 0) is 11.1 Å². The maximum atomic E-state index is 12.7. The lowest BCUT2D eigenvalue weighted by atomic mass is 9.85. The molecule has 21 heavy (non-hydrogen) atoms. The molecule has 1 saturated heterocycles. The van der Waals surface area contributed by atoms with Crippen LogP contribution in [0.2, 0.25) is 0 Å². The van der Waals surface area contributed by atoms with Crippen molar-refractivity contribution in [2.75, 3.05) is 5.75 Å². The average Bonchev–Trinajstić information content (AvgIpc) is 2.67. The molecule has 0 aromatic heterocycles. The Hall–Kier alpha value is -1.98. The van der Waals surface area contributed by atoms with E-state index in [4.69, 9.17) is 0 Å². The number of sulfone groups is 1. The number of Topliss-reactive ketones (excluding diaryl/α,β-unsaturated/α-hetero) is 1. The summed E-state index contributed by atoms with van der Waals surface area (Å²) >= 11 is 0. The molecule has 1 aliphatic rings. The van der Waals surface area contributed by atoms with Gasteiger partial charge in [-0.1, -0.05) is 60.7 Å². The van der Waals surface area contributed by atoms with E-state index < -0.39 is 32.2 Å². The third-order valence-electron chi connectivity index (χ3n) is 3.85. The Bertz CT molecular complexity index is 727. The molecule has 0 bridgehead atoms. The van der Waals surface area contributed by atoms with Gasteiger partial charge in [-0.25, -0.2) is 8.42 Å². The van der Waals surface area contributed by atoms with E-state index in [9.17, 15) is 18.3 Å². The topological polar surface area (TPSA) is 71.4 Å². The number of hydrogen-bond acceptors (Lipinski definition) is 4. The molecular formula is C16H14O4S. The zero-order valence-electron chi connectivity index (χ0n) is 11.1. The number of aliphatic hydroxyl groups excluding tert-OH is 1. The van der Waals surface area contributed by atoms with Crippen molar-refractivity contribution in [1.29, 1.82) is 0 Å². The lowest BCUT2D eigenvalue weighted by Crippen LogP contribution is -2.40. The second kappa shape index (κ2) is 4.79. The minimum Gasteiger partial charge on any atom is -0.384 e. The molecule has 1 heterocycles. The standard InChI is InChI=1S/C16H14O4S/c17-14-11-21(19,20)16(15(14)18,12-7-3-1-4-8-12)13-9-5-2-6-10-13/h1-10,14,17H,11H2. The van der Waals surface area contributed by atoms with Crippen LogP contribution in [-0.4, -0.2) is 31.2 Å². The molecule has 4 nitrogen and oxygen atoms in total. The van der Waals surface area contributed by atoms with Crippen LogP contribution in [0.3, 0.4) is 0 Å². The first-order valence-corrected chi connectivity index (χ1v) is 8.21. The quantitative estimate of drug-likeness (QED) is 0.907. The molecule has 0 radical (unpaired) electrons. The summed E-state index contributed by atoms with van der Waals surface area (Å²) in [4.78, 5) is 12.6. The van der Waals surface area contributed by atoms with Crippen molar-refractivity contribution in [3.05, 3.63) is 71.8 Å². The molecule has 0 spiro atoms. The summed E-state index contributed by atoms with van der Waals surface area (Å²) in [5.41, 5.74) is 0.746. The van der Waals surface area contributed by atoms with E-state index in [2.05, 4.69) is 0 Å². The summed E-state index contributed by atoms with van der Waals surface area (Å²) in [6, 6.07) is 16.7. The Morgan fingerprint density at radius 3 is 1.67 bits per heavy atom. The highest BCUT2D eigenvalue weighted by molar-refractivity contribution is 7.94. The fourth-order valence-electron chi connectivity index (χ4n) is 2.95. The van der Waals surface area contributed by atoms with Crippen LogP contribution in [0.5, 0.6) is 0 Å². The second-order valence-corrected chi connectivity index (χ2v) is 7.25. The Kier molecular flexibility index (Phi) is 3.19. The van der Waals surface area contributed by atoms with Gasteiger partial charge in [-0.15, -0.1) is 0 Å². The fourth-order valence-corrected chi connectivity index (χ4v) is 5.20. The van der Waals surface area contributed by atoms with Crippen LogP contribution in [0.25, 0.3) is 0 Å². The normalized spacial score (nSPS) is 23.1.